The third-order valence-electron chi connectivity index (χ3n) is 2.09. The van der Waals surface area contributed by atoms with Gasteiger partial charge in [0, 0.05) is 7.05 Å². The van der Waals surface area contributed by atoms with Crippen molar-refractivity contribution in [1.29, 1.82) is 0 Å². The van der Waals surface area contributed by atoms with Gasteiger partial charge in [0.25, 0.3) is 0 Å². The van der Waals surface area contributed by atoms with Gasteiger partial charge in [0.15, 0.2) is 0 Å². The standard InChI is InChI=1S/C12H13FN2O/c1-3-8-14-9-12(16)15(2)11-7-5-4-6-10(11)13/h1,4-7,14H,8-9H2,2H3. The van der Waals surface area contributed by atoms with E-state index in [-0.39, 0.29) is 18.1 Å². The van der Waals surface area contributed by atoms with Crippen molar-refractivity contribution >= 4 is 11.6 Å². The molecule has 0 atom stereocenters. The van der Waals surface area contributed by atoms with Crippen LogP contribution in [0.3, 0.4) is 0 Å². The number of nitrogens with zero attached hydrogens (tertiary/aromatic N) is 1. The number of rotatable bonds is 4. The van der Waals surface area contributed by atoms with E-state index < -0.39 is 5.82 Å². The van der Waals surface area contributed by atoms with Gasteiger partial charge in [-0.2, -0.15) is 0 Å². The molecule has 4 heteroatoms. The minimum absolute atomic E-state index is 0.0923. The molecule has 84 valence electrons. The van der Waals surface area contributed by atoms with Crippen LogP contribution in [0.15, 0.2) is 24.3 Å². The second kappa shape index (κ2) is 5.89. The summed E-state index contributed by atoms with van der Waals surface area (Å²) >= 11 is 0. The summed E-state index contributed by atoms with van der Waals surface area (Å²) in [6.07, 6.45) is 5.03. The average Bonchev–Trinajstić information content (AvgIpc) is 2.29. The minimum atomic E-state index is -0.421. The van der Waals surface area contributed by atoms with Gasteiger partial charge in [-0.25, -0.2) is 4.39 Å². The quantitative estimate of drug-likeness (QED) is 0.606. The highest BCUT2D eigenvalue weighted by Crippen LogP contribution is 2.16. The number of carbonyl (C=O) groups is 1. The van der Waals surface area contributed by atoms with Crippen LogP contribution in [0.2, 0.25) is 0 Å². The molecule has 0 spiro atoms. The number of amides is 1. The zero-order chi connectivity index (χ0) is 12.0. The summed E-state index contributed by atoms with van der Waals surface area (Å²) in [6.45, 7) is 0.409. The van der Waals surface area contributed by atoms with Gasteiger partial charge in [0.1, 0.15) is 5.82 Å². The van der Waals surface area contributed by atoms with Crippen LogP contribution in [0.4, 0.5) is 10.1 Å². The van der Waals surface area contributed by atoms with Crippen molar-refractivity contribution in [3.05, 3.63) is 30.1 Å². The minimum Gasteiger partial charge on any atom is -0.312 e. The van der Waals surface area contributed by atoms with Gasteiger partial charge < -0.3 is 4.90 Å². The zero-order valence-electron chi connectivity index (χ0n) is 9.03. The Balaban J connectivity index is 2.64. The molecule has 1 N–H and O–H groups in total. The Morgan fingerprint density at radius 3 is 2.88 bits per heavy atom. The number of para-hydroxylation sites is 1. The van der Waals surface area contributed by atoms with Gasteiger partial charge in [-0.3, -0.25) is 10.1 Å². The number of hydrogen-bond acceptors (Lipinski definition) is 2. The molecule has 0 saturated heterocycles. The first kappa shape index (κ1) is 12.2. The fourth-order valence-corrected chi connectivity index (χ4v) is 1.22. The summed E-state index contributed by atoms with van der Waals surface area (Å²) in [7, 11) is 1.53. The van der Waals surface area contributed by atoms with Crippen LogP contribution in [0.1, 0.15) is 0 Å². The molecule has 0 aromatic heterocycles. The molecule has 1 aromatic carbocycles. The molecule has 0 aliphatic carbocycles. The molecule has 1 rings (SSSR count). The fourth-order valence-electron chi connectivity index (χ4n) is 1.22. The van der Waals surface area contributed by atoms with Crippen molar-refractivity contribution in [2.24, 2.45) is 0 Å². The highest BCUT2D eigenvalue weighted by Gasteiger charge is 2.13. The third-order valence-corrected chi connectivity index (χ3v) is 2.09. The lowest BCUT2D eigenvalue weighted by Crippen LogP contribution is -2.36. The number of likely N-dealkylation sites (N-methyl/N-ethyl adjacent to an activating group) is 1. The van der Waals surface area contributed by atoms with Gasteiger partial charge in [0.2, 0.25) is 5.91 Å². The number of carbonyl (C=O) groups excluding carboxylic acids is 1. The SMILES string of the molecule is C#CCNCC(=O)N(C)c1ccccc1F. The summed E-state index contributed by atoms with van der Waals surface area (Å²) < 4.78 is 13.3. The number of halogens is 1. The van der Waals surface area contributed by atoms with E-state index in [1.165, 1.54) is 18.0 Å². The summed E-state index contributed by atoms with van der Waals surface area (Å²) in [4.78, 5) is 12.9. The Morgan fingerprint density at radius 1 is 1.56 bits per heavy atom. The van der Waals surface area contributed by atoms with Crippen LogP contribution in [0.25, 0.3) is 0 Å². The van der Waals surface area contributed by atoms with E-state index in [1.54, 1.807) is 18.2 Å². The van der Waals surface area contributed by atoms with E-state index >= 15 is 0 Å². The lowest BCUT2D eigenvalue weighted by atomic mass is 10.3. The Kier molecular flexibility index (Phi) is 4.49. The Labute approximate surface area is 94.3 Å². The van der Waals surface area contributed by atoms with Crippen LogP contribution in [0.5, 0.6) is 0 Å². The predicted molar refractivity (Wildman–Crippen MR) is 61.5 cm³/mol. The second-order valence-electron chi connectivity index (χ2n) is 3.21. The van der Waals surface area contributed by atoms with E-state index in [1.807, 2.05) is 0 Å². The van der Waals surface area contributed by atoms with Crippen LogP contribution < -0.4 is 10.2 Å². The highest BCUT2D eigenvalue weighted by atomic mass is 19.1. The van der Waals surface area contributed by atoms with Gasteiger partial charge in [-0.05, 0) is 12.1 Å². The first-order valence-corrected chi connectivity index (χ1v) is 4.82. The molecule has 0 radical (unpaired) electrons. The first-order valence-electron chi connectivity index (χ1n) is 4.82. The molecule has 0 unspecified atom stereocenters. The van der Waals surface area contributed by atoms with Crippen molar-refractivity contribution < 1.29 is 9.18 Å². The van der Waals surface area contributed by atoms with Crippen LogP contribution in [0, 0.1) is 18.2 Å². The van der Waals surface area contributed by atoms with Crippen molar-refractivity contribution in [3.8, 4) is 12.3 Å². The summed E-state index contributed by atoms with van der Waals surface area (Å²) in [5.41, 5.74) is 0.259. The molecule has 1 amide bonds. The number of benzene rings is 1. The van der Waals surface area contributed by atoms with E-state index in [9.17, 15) is 9.18 Å². The largest absolute Gasteiger partial charge is 0.312 e. The lowest BCUT2D eigenvalue weighted by molar-refractivity contribution is -0.117. The maximum Gasteiger partial charge on any atom is 0.240 e. The fraction of sp³-hybridized carbons (Fsp3) is 0.250. The van der Waals surface area contributed by atoms with E-state index in [4.69, 9.17) is 6.42 Å². The Hall–Kier alpha value is -1.86. The third kappa shape index (κ3) is 3.07. The molecule has 0 fully saturated rings. The van der Waals surface area contributed by atoms with Crippen molar-refractivity contribution in [2.45, 2.75) is 0 Å². The lowest BCUT2D eigenvalue weighted by Gasteiger charge is -2.17. The molecule has 0 bridgehead atoms. The molecule has 0 aliphatic rings. The number of anilines is 1. The van der Waals surface area contributed by atoms with Crippen LogP contribution in [-0.4, -0.2) is 26.0 Å². The highest BCUT2D eigenvalue weighted by molar-refractivity contribution is 5.94. The monoisotopic (exact) mass is 220 g/mol. The number of hydrogen-bond donors (Lipinski definition) is 1. The summed E-state index contributed by atoms with van der Waals surface area (Å²) in [5.74, 6) is 1.70. The molecular formula is C12H13FN2O. The Morgan fingerprint density at radius 2 is 2.25 bits per heavy atom. The zero-order valence-corrected chi connectivity index (χ0v) is 9.03. The van der Waals surface area contributed by atoms with Gasteiger partial charge in [-0.1, -0.05) is 18.1 Å². The second-order valence-corrected chi connectivity index (χ2v) is 3.21. The van der Waals surface area contributed by atoms with E-state index in [0.717, 1.165) is 0 Å². The predicted octanol–water partition coefficient (Wildman–Crippen LogP) is 1.01. The average molecular weight is 220 g/mol. The smallest absolute Gasteiger partial charge is 0.240 e. The number of terminal acetylenes is 1. The molecular weight excluding hydrogens is 207 g/mol. The van der Waals surface area contributed by atoms with Crippen LogP contribution >= 0.6 is 0 Å². The molecule has 0 heterocycles. The van der Waals surface area contributed by atoms with E-state index in [0.29, 0.717) is 6.54 Å². The van der Waals surface area contributed by atoms with Crippen molar-refractivity contribution in [2.75, 3.05) is 25.0 Å². The first-order chi connectivity index (χ1) is 7.66. The van der Waals surface area contributed by atoms with Gasteiger partial charge in [-0.15, -0.1) is 6.42 Å². The van der Waals surface area contributed by atoms with Crippen molar-refractivity contribution in [3.63, 3.8) is 0 Å². The Bertz CT molecular complexity index is 412. The maximum absolute atomic E-state index is 13.3. The van der Waals surface area contributed by atoms with Crippen molar-refractivity contribution in [1.82, 2.24) is 5.32 Å². The molecule has 3 nitrogen and oxygen atoms in total. The summed E-state index contributed by atoms with van der Waals surface area (Å²) in [5, 5.41) is 2.76. The topological polar surface area (TPSA) is 32.3 Å². The van der Waals surface area contributed by atoms with Gasteiger partial charge >= 0.3 is 0 Å². The number of nitrogens with one attached hydrogen (secondary N) is 1. The summed E-state index contributed by atoms with van der Waals surface area (Å²) in [6, 6.07) is 6.12. The normalized spacial score (nSPS) is 9.56. The molecule has 0 saturated carbocycles. The molecule has 1 aromatic rings. The van der Waals surface area contributed by atoms with Gasteiger partial charge in [0.05, 0.1) is 18.8 Å². The van der Waals surface area contributed by atoms with Crippen LogP contribution in [-0.2, 0) is 4.79 Å². The molecule has 0 aliphatic heterocycles. The maximum atomic E-state index is 13.3. The van der Waals surface area contributed by atoms with E-state index in [2.05, 4.69) is 11.2 Å². The molecule has 16 heavy (non-hydrogen) atoms.